The second-order valence-corrected chi connectivity index (χ2v) is 4.58. The van der Waals surface area contributed by atoms with Gasteiger partial charge in [0, 0.05) is 11.2 Å². The van der Waals surface area contributed by atoms with E-state index in [0.29, 0.717) is 15.7 Å². The Hall–Kier alpha value is -2.43. The number of amides is 2. The van der Waals surface area contributed by atoms with E-state index in [0.717, 1.165) is 6.20 Å². The Morgan fingerprint density at radius 3 is 2.77 bits per heavy atom. The number of imide groups is 1. The Morgan fingerprint density at radius 2 is 2.14 bits per heavy atom. The maximum atomic E-state index is 11.6. The monoisotopic (exact) mass is 342 g/mol. The normalized spacial score (nSPS) is 10.4. The highest BCUT2D eigenvalue weighted by molar-refractivity contribution is 6.35. The highest BCUT2D eigenvalue weighted by atomic mass is 35.5. The van der Waals surface area contributed by atoms with E-state index in [4.69, 9.17) is 28.5 Å². The van der Waals surface area contributed by atoms with Crippen LogP contribution < -0.4 is 16.2 Å². The van der Waals surface area contributed by atoms with Gasteiger partial charge in [0.05, 0.1) is 17.3 Å². The van der Waals surface area contributed by atoms with Gasteiger partial charge >= 0.3 is 6.09 Å². The number of carbonyl (C=O) groups excluding carboxylic acids is 2. The van der Waals surface area contributed by atoms with E-state index < -0.39 is 12.0 Å². The lowest BCUT2D eigenvalue weighted by Crippen LogP contribution is -2.32. The van der Waals surface area contributed by atoms with Crippen molar-refractivity contribution < 1.29 is 14.3 Å². The number of halogens is 2. The van der Waals surface area contributed by atoms with Crippen LogP contribution in [0.25, 0.3) is 0 Å². The molecule has 0 saturated heterocycles. The van der Waals surface area contributed by atoms with E-state index in [1.807, 2.05) is 5.32 Å². The minimum atomic E-state index is -0.931. The summed E-state index contributed by atoms with van der Waals surface area (Å²) in [6.07, 6.45) is 0.144. The van der Waals surface area contributed by atoms with Crippen LogP contribution in [0.5, 0.6) is 0 Å². The number of nitriles is 1. The number of ether oxygens (including phenoxy) is 1. The molecule has 0 bridgehead atoms. The number of alkyl carbamates (subject to hydrolysis) is 1. The summed E-state index contributed by atoms with van der Waals surface area (Å²) in [5, 5.41) is 11.6. The molecule has 0 aliphatic rings. The van der Waals surface area contributed by atoms with Gasteiger partial charge in [-0.3, -0.25) is 15.5 Å². The molecule has 0 aliphatic heterocycles. The molecule has 9 heteroatoms. The van der Waals surface area contributed by atoms with Crippen LogP contribution in [0.15, 0.2) is 30.0 Å². The van der Waals surface area contributed by atoms with Crippen molar-refractivity contribution in [2.24, 2.45) is 0 Å². The molecule has 3 N–H and O–H groups in total. The number of hydrogen-bond acceptors (Lipinski definition) is 6. The molecule has 0 spiro atoms. The molecule has 0 radical (unpaired) electrons. The summed E-state index contributed by atoms with van der Waals surface area (Å²) < 4.78 is 4.53. The number of hydrazine groups is 1. The Kier molecular flexibility index (Phi) is 7.02. The molecule has 1 aromatic carbocycles. The smallest absolute Gasteiger partial charge is 0.414 e. The molecule has 0 saturated carbocycles. The number of rotatable bonds is 5. The minimum absolute atomic E-state index is 0.109. The fraction of sp³-hybridized carbons (Fsp3) is 0.154. The van der Waals surface area contributed by atoms with E-state index >= 15 is 0 Å². The molecule has 2 amide bonds. The molecule has 7 nitrogen and oxygen atoms in total. The number of carbonyl (C=O) groups is 2. The van der Waals surface area contributed by atoms with Gasteiger partial charge in [0.25, 0.3) is 5.91 Å². The zero-order valence-corrected chi connectivity index (χ0v) is 13.0. The maximum absolute atomic E-state index is 11.6. The molecule has 1 aromatic rings. The summed E-state index contributed by atoms with van der Waals surface area (Å²) in [7, 11) is 0. The van der Waals surface area contributed by atoms with Crippen LogP contribution in [0.3, 0.4) is 0 Å². The van der Waals surface area contributed by atoms with Gasteiger partial charge in [-0.25, -0.2) is 4.79 Å². The molecular weight excluding hydrogens is 331 g/mol. The Bertz CT molecular complexity index is 641. The quantitative estimate of drug-likeness (QED) is 0.431. The Morgan fingerprint density at radius 1 is 1.41 bits per heavy atom. The maximum Gasteiger partial charge on any atom is 0.414 e. The third kappa shape index (κ3) is 5.52. The molecule has 0 aromatic heterocycles. The minimum Gasteiger partial charge on any atom is -0.450 e. The highest BCUT2D eigenvalue weighted by Gasteiger charge is 2.13. The van der Waals surface area contributed by atoms with Crippen LogP contribution in [0.1, 0.15) is 6.92 Å². The van der Waals surface area contributed by atoms with Crippen LogP contribution in [0.4, 0.5) is 10.5 Å². The van der Waals surface area contributed by atoms with E-state index in [2.05, 4.69) is 15.6 Å². The van der Waals surface area contributed by atoms with E-state index in [1.54, 1.807) is 31.2 Å². The van der Waals surface area contributed by atoms with Crippen molar-refractivity contribution >= 4 is 40.9 Å². The summed E-state index contributed by atoms with van der Waals surface area (Å²) in [5.74, 6) is -0.896. The fourth-order valence-corrected chi connectivity index (χ4v) is 1.59. The molecule has 0 aliphatic carbocycles. The molecular formula is C13H12Cl2N4O3. The summed E-state index contributed by atoms with van der Waals surface area (Å²) >= 11 is 11.7. The van der Waals surface area contributed by atoms with Gasteiger partial charge in [-0.05, 0) is 25.1 Å². The number of anilines is 1. The number of nitrogens with one attached hydrogen (secondary N) is 3. The number of benzene rings is 1. The second kappa shape index (κ2) is 8.77. The van der Waals surface area contributed by atoms with Gasteiger partial charge in [0.1, 0.15) is 11.6 Å². The van der Waals surface area contributed by atoms with Gasteiger partial charge < -0.3 is 10.2 Å². The van der Waals surface area contributed by atoms with Gasteiger partial charge in [0.2, 0.25) is 0 Å². The van der Waals surface area contributed by atoms with E-state index in [9.17, 15) is 9.59 Å². The average molecular weight is 343 g/mol. The van der Waals surface area contributed by atoms with Crippen molar-refractivity contribution in [2.45, 2.75) is 6.92 Å². The molecule has 0 atom stereocenters. The topological polar surface area (TPSA) is 103 Å². The van der Waals surface area contributed by atoms with Gasteiger partial charge in [0.15, 0.2) is 0 Å². The van der Waals surface area contributed by atoms with Gasteiger partial charge in [-0.15, -0.1) is 0 Å². The lowest BCUT2D eigenvalue weighted by molar-refractivity contribution is -0.116. The average Bonchev–Trinajstić information content (AvgIpc) is 2.47. The molecule has 22 heavy (non-hydrogen) atoms. The zero-order valence-electron chi connectivity index (χ0n) is 11.4. The third-order valence-electron chi connectivity index (χ3n) is 2.21. The van der Waals surface area contributed by atoms with Crippen molar-refractivity contribution in [3.63, 3.8) is 0 Å². The SMILES string of the molecule is CCOC(=O)NC(=O)C(C#N)=CNNc1cc(Cl)ccc1Cl. The van der Waals surface area contributed by atoms with E-state index in [1.165, 1.54) is 0 Å². The lowest BCUT2D eigenvalue weighted by Gasteiger charge is -2.08. The first-order valence-corrected chi connectivity index (χ1v) is 6.78. The summed E-state index contributed by atoms with van der Waals surface area (Å²) in [6, 6.07) is 6.38. The standard InChI is InChI=1S/C13H12Cl2N4O3/c1-2-22-13(21)18-12(20)8(6-16)7-17-19-11-5-9(14)3-4-10(11)15/h3-5,7,17,19H,2H2,1H3,(H,18,20,21). The molecule has 0 fully saturated rings. The number of hydrogen-bond donors (Lipinski definition) is 3. The van der Waals surface area contributed by atoms with Crippen LogP contribution in [-0.2, 0) is 9.53 Å². The van der Waals surface area contributed by atoms with Crippen molar-refractivity contribution in [1.29, 1.82) is 5.26 Å². The van der Waals surface area contributed by atoms with Crippen molar-refractivity contribution in [3.8, 4) is 6.07 Å². The molecule has 0 unspecified atom stereocenters. The van der Waals surface area contributed by atoms with Gasteiger partial charge in [-0.1, -0.05) is 23.2 Å². The first-order valence-electron chi connectivity index (χ1n) is 6.03. The highest BCUT2D eigenvalue weighted by Crippen LogP contribution is 2.24. The third-order valence-corrected chi connectivity index (χ3v) is 2.77. The van der Waals surface area contributed by atoms with Crippen LogP contribution >= 0.6 is 23.2 Å². The first-order chi connectivity index (χ1) is 10.5. The van der Waals surface area contributed by atoms with Crippen LogP contribution in [0.2, 0.25) is 10.0 Å². The first kappa shape index (κ1) is 17.6. The van der Waals surface area contributed by atoms with Gasteiger partial charge in [-0.2, -0.15) is 5.26 Å². The predicted molar refractivity (Wildman–Crippen MR) is 82.1 cm³/mol. The fourth-order valence-electron chi connectivity index (χ4n) is 1.26. The zero-order chi connectivity index (χ0) is 16.5. The largest absolute Gasteiger partial charge is 0.450 e. The Labute approximate surface area is 136 Å². The lowest BCUT2D eigenvalue weighted by atomic mass is 10.3. The molecule has 0 heterocycles. The predicted octanol–water partition coefficient (Wildman–Crippen LogP) is 2.59. The summed E-state index contributed by atoms with van der Waals surface area (Å²) in [6.45, 7) is 1.70. The second-order valence-electron chi connectivity index (χ2n) is 3.74. The number of nitrogens with zero attached hydrogens (tertiary/aromatic N) is 1. The van der Waals surface area contributed by atoms with Crippen LogP contribution in [-0.4, -0.2) is 18.6 Å². The molecule has 1 rings (SSSR count). The van der Waals surface area contributed by atoms with Crippen molar-refractivity contribution in [1.82, 2.24) is 10.7 Å². The summed E-state index contributed by atoms with van der Waals surface area (Å²) in [4.78, 5) is 22.7. The van der Waals surface area contributed by atoms with Crippen LogP contribution in [0, 0.1) is 11.3 Å². The van der Waals surface area contributed by atoms with Crippen molar-refractivity contribution in [3.05, 3.63) is 40.0 Å². The summed E-state index contributed by atoms with van der Waals surface area (Å²) in [5.41, 5.74) is 5.30. The van der Waals surface area contributed by atoms with Crippen molar-refractivity contribution in [2.75, 3.05) is 12.0 Å². The molecule has 116 valence electrons. The Balaban J connectivity index is 2.66. The van der Waals surface area contributed by atoms with E-state index in [-0.39, 0.29) is 12.2 Å².